The van der Waals surface area contributed by atoms with Crippen LogP contribution in [0.4, 0.5) is 0 Å². The Hall–Kier alpha value is -3.58. The van der Waals surface area contributed by atoms with Crippen molar-refractivity contribution < 1.29 is 0 Å². The highest BCUT2D eigenvalue weighted by Gasteiger charge is 2.15. The summed E-state index contributed by atoms with van der Waals surface area (Å²) in [6.07, 6.45) is 11.9. The van der Waals surface area contributed by atoms with E-state index < -0.39 is 0 Å². The number of pyridine rings is 3. The van der Waals surface area contributed by atoms with Crippen molar-refractivity contribution in [3.05, 3.63) is 60.8 Å². The number of likely N-dealkylation sites (tertiary alicyclic amines) is 1. The molecule has 0 spiro atoms. The topological polar surface area (TPSA) is 86.4 Å². The van der Waals surface area contributed by atoms with Crippen molar-refractivity contribution in [1.29, 1.82) is 0 Å². The maximum atomic E-state index is 4.65. The molecule has 7 nitrogen and oxygen atoms in total. The Morgan fingerprint density at radius 2 is 1.87 bits per heavy atom. The van der Waals surface area contributed by atoms with Crippen LogP contribution >= 0.6 is 0 Å². The fourth-order valence-electron chi connectivity index (χ4n) is 4.29. The standard InChI is InChI=1S/C23H21N7/c1-2-6-30(5-1)14-15-7-16(12-25-10-15)20-9-18-22(13-26-20)28-29-23(18)21-8-17-11-24-4-3-19(17)27-21/h3-4,7-13,27H,1-2,5-6,14H2,(H,28,29). The van der Waals surface area contributed by atoms with Gasteiger partial charge in [-0.25, -0.2) is 0 Å². The summed E-state index contributed by atoms with van der Waals surface area (Å²) in [7, 11) is 0. The van der Waals surface area contributed by atoms with Crippen LogP contribution in [-0.2, 0) is 6.54 Å². The van der Waals surface area contributed by atoms with Crippen molar-refractivity contribution in [3.8, 4) is 22.6 Å². The Morgan fingerprint density at radius 1 is 0.933 bits per heavy atom. The number of rotatable bonds is 4. The van der Waals surface area contributed by atoms with Gasteiger partial charge in [0, 0.05) is 53.2 Å². The zero-order valence-corrected chi connectivity index (χ0v) is 16.5. The molecule has 2 N–H and O–H groups in total. The van der Waals surface area contributed by atoms with E-state index >= 15 is 0 Å². The molecule has 5 aromatic heterocycles. The summed E-state index contributed by atoms with van der Waals surface area (Å²) in [5.41, 5.74) is 6.96. The van der Waals surface area contributed by atoms with Crippen molar-refractivity contribution in [1.82, 2.24) is 35.0 Å². The van der Waals surface area contributed by atoms with Crippen LogP contribution in [0.15, 0.2) is 55.2 Å². The van der Waals surface area contributed by atoms with E-state index in [1.54, 1.807) is 6.20 Å². The molecule has 0 radical (unpaired) electrons. The predicted octanol–water partition coefficient (Wildman–Crippen LogP) is 4.16. The van der Waals surface area contributed by atoms with E-state index in [-0.39, 0.29) is 0 Å². The van der Waals surface area contributed by atoms with Gasteiger partial charge in [-0.15, -0.1) is 0 Å². The first-order valence-electron chi connectivity index (χ1n) is 10.3. The molecule has 148 valence electrons. The SMILES string of the molecule is c1cc2[nH]c(-c3n[nH]c4cnc(-c5cncc(CN6CCCC6)c5)cc34)cc2cn1. The Kier molecular flexibility index (Phi) is 4.06. The number of H-pyrrole nitrogens is 2. The van der Waals surface area contributed by atoms with E-state index in [0.29, 0.717) is 0 Å². The number of fused-ring (bicyclic) bond motifs is 2. The summed E-state index contributed by atoms with van der Waals surface area (Å²) < 4.78 is 0. The van der Waals surface area contributed by atoms with Crippen LogP contribution in [0.2, 0.25) is 0 Å². The highest BCUT2D eigenvalue weighted by atomic mass is 15.1. The van der Waals surface area contributed by atoms with Crippen molar-refractivity contribution in [2.75, 3.05) is 13.1 Å². The predicted molar refractivity (Wildman–Crippen MR) is 117 cm³/mol. The van der Waals surface area contributed by atoms with Crippen LogP contribution in [0.1, 0.15) is 18.4 Å². The number of hydrogen-bond acceptors (Lipinski definition) is 5. The zero-order chi connectivity index (χ0) is 19.9. The smallest absolute Gasteiger partial charge is 0.116 e. The van der Waals surface area contributed by atoms with E-state index in [1.807, 2.05) is 30.9 Å². The molecule has 0 aliphatic carbocycles. The van der Waals surface area contributed by atoms with Gasteiger partial charge in [0.25, 0.3) is 0 Å². The molecule has 1 saturated heterocycles. The van der Waals surface area contributed by atoms with E-state index in [9.17, 15) is 0 Å². The Labute approximate surface area is 173 Å². The average molecular weight is 395 g/mol. The minimum Gasteiger partial charge on any atom is -0.353 e. The molecule has 1 aliphatic rings. The Balaban J connectivity index is 1.39. The summed E-state index contributed by atoms with van der Waals surface area (Å²) in [6.45, 7) is 3.29. The quantitative estimate of drug-likeness (QED) is 0.477. The Morgan fingerprint density at radius 3 is 2.77 bits per heavy atom. The first-order valence-corrected chi connectivity index (χ1v) is 10.3. The molecule has 0 amide bonds. The molecule has 1 fully saturated rings. The third-order valence-electron chi connectivity index (χ3n) is 5.82. The number of aromatic amines is 2. The van der Waals surface area contributed by atoms with Gasteiger partial charge in [0.05, 0.1) is 23.1 Å². The zero-order valence-electron chi connectivity index (χ0n) is 16.5. The number of hydrogen-bond donors (Lipinski definition) is 2. The first kappa shape index (κ1) is 17.3. The lowest BCUT2D eigenvalue weighted by molar-refractivity contribution is 0.331. The molecular weight excluding hydrogens is 374 g/mol. The van der Waals surface area contributed by atoms with Crippen molar-refractivity contribution >= 4 is 21.8 Å². The van der Waals surface area contributed by atoms with Crippen LogP contribution in [0.25, 0.3) is 44.5 Å². The van der Waals surface area contributed by atoms with Crippen molar-refractivity contribution in [3.63, 3.8) is 0 Å². The van der Waals surface area contributed by atoms with Crippen molar-refractivity contribution in [2.24, 2.45) is 0 Å². The van der Waals surface area contributed by atoms with Gasteiger partial charge in [0.2, 0.25) is 0 Å². The van der Waals surface area contributed by atoms with E-state index in [2.05, 4.69) is 53.2 Å². The van der Waals surface area contributed by atoms with Gasteiger partial charge >= 0.3 is 0 Å². The fourth-order valence-corrected chi connectivity index (χ4v) is 4.29. The number of nitrogens with one attached hydrogen (secondary N) is 2. The van der Waals surface area contributed by atoms with Crippen molar-refractivity contribution in [2.45, 2.75) is 19.4 Å². The van der Waals surface area contributed by atoms with Gasteiger partial charge in [-0.05, 0) is 55.8 Å². The molecule has 0 unspecified atom stereocenters. The van der Waals surface area contributed by atoms with Gasteiger partial charge in [-0.2, -0.15) is 5.10 Å². The second kappa shape index (κ2) is 7.03. The van der Waals surface area contributed by atoms with Gasteiger partial charge in [-0.3, -0.25) is 25.0 Å². The van der Waals surface area contributed by atoms with Gasteiger partial charge in [0.1, 0.15) is 5.69 Å². The van der Waals surface area contributed by atoms with Crippen LogP contribution in [0.5, 0.6) is 0 Å². The fraction of sp³-hybridized carbons (Fsp3) is 0.217. The van der Waals surface area contributed by atoms with Gasteiger partial charge in [-0.1, -0.05) is 0 Å². The molecule has 1 aliphatic heterocycles. The largest absolute Gasteiger partial charge is 0.353 e. The third-order valence-corrected chi connectivity index (χ3v) is 5.82. The van der Waals surface area contributed by atoms with Crippen LogP contribution in [-0.4, -0.2) is 48.1 Å². The maximum Gasteiger partial charge on any atom is 0.116 e. The lowest BCUT2D eigenvalue weighted by atomic mass is 10.1. The summed E-state index contributed by atoms with van der Waals surface area (Å²) in [5, 5.41) is 9.74. The van der Waals surface area contributed by atoms with Crippen LogP contribution in [0, 0.1) is 0 Å². The molecular formula is C23H21N7. The molecule has 6 rings (SSSR count). The Bertz CT molecular complexity index is 1310. The second-order valence-electron chi connectivity index (χ2n) is 7.90. The second-order valence-corrected chi connectivity index (χ2v) is 7.90. The van der Waals surface area contributed by atoms with Crippen LogP contribution < -0.4 is 0 Å². The van der Waals surface area contributed by atoms with Crippen LogP contribution in [0.3, 0.4) is 0 Å². The summed E-state index contributed by atoms with van der Waals surface area (Å²) in [5.74, 6) is 0. The summed E-state index contributed by atoms with van der Waals surface area (Å²) >= 11 is 0. The van der Waals surface area contributed by atoms with E-state index in [1.165, 1.54) is 31.5 Å². The first-order chi connectivity index (χ1) is 14.8. The lowest BCUT2D eigenvalue weighted by Crippen LogP contribution is -2.18. The number of aromatic nitrogens is 6. The third kappa shape index (κ3) is 3.04. The average Bonchev–Trinajstić information content (AvgIpc) is 3.52. The minimum atomic E-state index is 0.881. The highest BCUT2D eigenvalue weighted by Crippen LogP contribution is 2.30. The summed E-state index contributed by atoms with van der Waals surface area (Å²) in [6, 6.07) is 8.34. The summed E-state index contributed by atoms with van der Waals surface area (Å²) in [4.78, 5) is 19.3. The monoisotopic (exact) mass is 395 g/mol. The molecule has 0 aromatic carbocycles. The molecule has 0 atom stereocenters. The normalized spacial score (nSPS) is 14.8. The molecule has 0 saturated carbocycles. The van der Waals surface area contributed by atoms with E-state index in [4.69, 9.17) is 0 Å². The number of nitrogens with zero attached hydrogens (tertiary/aromatic N) is 5. The highest BCUT2D eigenvalue weighted by molar-refractivity contribution is 5.96. The molecule has 6 heterocycles. The molecule has 7 heteroatoms. The minimum absolute atomic E-state index is 0.881. The lowest BCUT2D eigenvalue weighted by Gasteiger charge is -2.14. The van der Waals surface area contributed by atoms with Gasteiger partial charge in [0.15, 0.2) is 0 Å². The van der Waals surface area contributed by atoms with Gasteiger partial charge < -0.3 is 4.98 Å². The molecule has 30 heavy (non-hydrogen) atoms. The van der Waals surface area contributed by atoms with E-state index in [0.717, 1.165) is 51.0 Å². The molecule has 5 aromatic rings. The molecule has 0 bridgehead atoms. The maximum absolute atomic E-state index is 4.65.